The molecule has 2 N–H and O–H groups in total. The van der Waals surface area contributed by atoms with Gasteiger partial charge in [-0.3, -0.25) is 4.79 Å². The van der Waals surface area contributed by atoms with Gasteiger partial charge < -0.3 is 15.3 Å². The number of aryl methyl sites for hydroxylation is 1. The Morgan fingerprint density at radius 2 is 2.15 bits per heavy atom. The number of nitrogens with zero attached hydrogens (tertiary/aromatic N) is 1. The van der Waals surface area contributed by atoms with E-state index < -0.39 is 0 Å². The third-order valence-electron chi connectivity index (χ3n) is 4.86. The SMILES string of the molecule is Cc1ccc(O)c([C@@H]2CCN3C(=O)CNC[C@@H]3C2)c1C. The van der Waals surface area contributed by atoms with E-state index in [9.17, 15) is 9.90 Å². The van der Waals surface area contributed by atoms with Crippen LogP contribution in [0, 0.1) is 13.8 Å². The van der Waals surface area contributed by atoms with E-state index in [0.717, 1.165) is 31.5 Å². The molecular weight excluding hydrogens is 252 g/mol. The summed E-state index contributed by atoms with van der Waals surface area (Å²) in [7, 11) is 0. The normalized spacial score (nSPS) is 26.5. The lowest BCUT2D eigenvalue weighted by Gasteiger charge is -2.43. The first kappa shape index (κ1) is 13.4. The minimum absolute atomic E-state index is 0.213. The Bertz CT molecular complexity index is 542. The van der Waals surface area contributed by atoms with Crippen molar-refractivity contribution < 1.29 is 9.90 Å². The first-order valence-electron chi connectivity index (χ1n) is 7.37. The molecule has 0 spiro atoms. The molecule has 0 aliphatic carbocycles. The number of carbonyl (C=O) groups excluding carboxylic acids is 1. The molecule has 0 bridgehead atoms. The Kier molecular flexibility index (Phi) is 3.42. The van der Waals surface area contributed by atoms with Gasteiger partial charge in [-0.15, -0.1) is 0 Å². The van der Waals surface area contributed by atoms with Crippen LogP contribution in [0.5, 0.6) is 5.75 Å². The molecule has 0 aromatic heterocycles. The quantitative estimate of drug-likeness (QED) is 0.819. The van der Waals surface area contributed by atoms with Gasteiger partial charge in [0.15, 0.2) is 0 Å². The van der Waals surface area contributed by atoms with Crippen LogP contribution in [0.15, 0.2) is 12.1 Å². The van der Waals surface area contributed by atoms with E-state index >= 15 is 0 Å². The molecule has 108 valence electrons. The maximum absolute atomic E-state index is 11.9. The van der Waals surface area contributed by atoms with Gasteiger partial charge in [0, 0.05) is 24.7 Å². The smallest absolute Gasteiger partial charge is 0.236 e. The predicted octanol–water partition coefficient (Wildman–Crippen LogP) is 1.69. The van der Waals surface area contributed by atoms with Crippen molar-refractivity contribution in [2.75, 3.05) is 19.6 Å². The fourth-order valence-corrected chi connectivity index (χ4v) is 3.62. The van der Waals surface area contributed by atoms with Crippen LogP contribution >= 0.6 is 0 Å². The molecule has 2 fully saturated rings. The van der Waals surface area contributed by atoms with Crippen LogP contribution in [-0.2, 0) is 4.79 Å². The highest BCUT2D eigenvalue weighted by Gasteiger charge is 2.35. The fraction of sp³-hybridized carbons (Fsp3) is 0.562. The summed E-state index contributed by atoms with van der Waals surface area (Å²) >= 11 is 0. The topological polar surface area (TPSA) is 52.6 Å². The summed E-state index contributed by atoms with van der Waals surface area (Å²) in [4.78, 5) is 13.9. The highest BCUT2D eigenvalue weighted by atomic mass is 16.3. The third kappa shape index (κ3) is 2.18. The fourth-order valence-electron chi connectivity index (χ4n) is 3.62. The molecule has 4 heteroatoms. The number of amides is 1. The Labute approximate surface area is 119 Å². The number of nitrogens with one attached hydrogen (secondary N) is 1. The number of phenols is 1. The molecule has 2 saturated heterocycles. The van der Waals surface area contributed by atoms with E-state index in [1.165, 1.54) is 11.1 Å². The van der Waals surface area contributed by atoms with Gasteiger partial charge in [-0.05, 0) is 49.8 Å². The molecule has 0 saturated carbocycles. The van der Waals surface area contributed by atoms with Crippen molar-refractivity contribution in [3.05, 3.63) is 28.8 Å². The molecule has 0 unspecified atom stereocenters. The highest BCUT2D eigenvalue weighted by molar-refractivity contribution is 5.79. The first-order valence-corrected chi connectivity index (χ1v) is 7.37. The van der Waals surface area contributed by atoms with E-state index in [1.54, 1.807) is 6.07 Å². The highest BCUT2D eigenvalue weighted by Crippen LogP contribution is 2.39. The van der Waals surface area contributed by atoms with Gasteiger partial charge in [-0.1, -0.05) is 6.07 Å². The largest absolute Gasteiger partial charge is 0.508 e. The summed E-state index contributed by atoms with van der Waals surface area (Å²) in [5.74, 6) is 0.968. The van der Waals surface area contributed by atoms with Crippen molar-refractivity contribution in [3.63, 3.8) is 0 Å². The van der Waals surface area contributed by atoms with Crippen LogP contribution in [0.2, 0.25) is 0 Å². The number of piperazine rings is 1. The van der Waals surface area contributed by atoms with Crippen molar-refractivity contribution in [3.8, 4) is 5.75 Å². The van der Waals surface area contributed by atoms with Crippen molar-refractivity contribution in [2.45, 2.75) is 38.6 Å². The van der Waals surface area contributed by atoms with E-state index in [-0.39, 0.29) is 11.9 Å². The minimum atomic E-state index is 0.213. The van der Waals surface area contributed by atoms with Crippen molar-refractivity contribution in [1.82, 2.24) is 10.2 Å². The van der Waals surface area contributed by atoms with Gasteiger partial charge >= 0.3 is 0 Å². The monoisotopic (exact) mass is 274 g/mol. The molecule has 2 atom stereocenters. The number of piperidine rings is 1. The van der Waals surface area contributed by atoms with Crippen molar-refractivity contribution in [1.29, 1.82) is 0 Å². The Balaban J connectivity index is 1.87. The molecule has 20 heavy (non-hydrogen) atoms. The lowest BCUT2D eigenvalue weighted by molar-refractivity contribution is -0.136. The summed E-state index contributed by atoms with van der Waals surface area (Å²) in [6, 6.07) is 4.04. The lowest BCUT2D eigenvalue weighted by Crippen LogP contribution is -2.57. The average Bonchev–Trinajstić information content (AvgIpc) is 2.44. The summed E-state index contributed by atoms with van der Waals surface area (Å²) in [5.41, 5.74) is 3.50. The number of hydrogen-bond acceptors (Lipinski definition) is 3. The van der Waals surface area contributed by atoms with Gasteiger partial charge in [0.2, 0.25) is 5.91 Å². The number of carbonyl (C=O) groups is 1. The second-order valence-electron chi connectivity index (χ2n) is 6.03. The van der Waals surface area contributed by atoms with Crippen molar-refractivity contribution >= 4 is 5.91 Å². The number of phenolic OH excluding ortho intramolecular Hbond substituents is 1. The van der Waals surface area contributed by atoms with E-state index in [4.69, 9.17) is 0 Å². The number of fused-ring (bicyclic) bond motifs is 1. The van der Waals surface area contributed by atoms with Crippen molar-refractivity contribution in [2.24, 2.45) is 0 Å². The molecule has 3 rings (SSSR count). The second-order valence-corrected chi connectivity index (χ2v) is 6.03. The summed E-state index contributed by atoms with van der Waals surface area (Å²) < 4.78 is 0. The Morgan fingerprint density at radius 1 is 1.35 bits per heavy atom. The van der Waals surface area contributed by atoms with Crippen LogP contribution in [0.25, 0.3) is 0 Å². The van der Waals surface area contributed by atoms with Crippen LogP contribution in [0.4, 0.5) is 0 Å². The number of benzene rings is 1. The van der Waals surface area contributed by atoms with Crippen LogP contribution < -0.4 is 5.32 Å². The number of hydrogen-bond donors (Lipinski definition) is 2. The molecular formula is C16H22N2O2. The lowest BCUT2D eigenvalue weighted by atomic mass is 9.81. The first-order chi connectivity index (χ1) is 9.58. The zero-order valence-electron chi connectivity index (χ0n) is 12.1. The molecule has 4 nitrogen and oxygen atoms in total. The molecule has 2 aliphatic rings. The number of aromatic hydroxyl groups is 1. The maximum Gasteiger partial charge on any atom is 0.236 e. The van der Waals surface area contributed by atoms with Gasteiger partial charge in [-0.25, -0.2) is 0 Å². The molecule has 1 aromatic rings. The molecule has 1 aromatic carbocycles. The van der Waals surface area contributed by atoms with E-state index in [0.29, 0.717) is 18.2 Å². The van der Waals surface area contributed by atoms with E-state index in [2.05, 4.69) is 19.2 Å². The summed E-state index contributed by atoms with van der Waals surface area (Å²) in [5, 5.41) is 13.4. The standard InChI is InChI=1S/C16H22N2O2/c1-10-3-4-14(19)16(11(10)2)12-5-6-18-13(7-12)8-17-9-15(18)20/h3-4,12-13,17,19H,5-9H2,1-2H3/t12-,13+/m1/s1. The zero-order valence-corrected chi connectivity index (χ0v) is 12.1. The average molecular weight is 274 g/mol. The van der Waals surface area contributed by atoms with Gasteiger partial charge in [0.25, 0.3) is 0 Å². The summed E-state index contributed by atoms with van der Waals surface area (Å²) in [6.45, 7) is 6.31. The third-order valence-corrected chi connectivity index (χ3v) is 4.86. The molecule has 2 aliphatic heterocycles. The second kappa shape index (κ2) is 5.09. The van der Waals surface area contributed by atoms with Gasteiger partial charge in [-0.2, -0.15) is 0 Å². The predicted molar refractivity (Wildman–Crippen MR) is 77.9 cm³/mol. The van der Waals surface area contributed by atoms with Crippen LogP contribution in [-0.4, -0.2) is 41.6 Å². The summed E-state index contributed by atoms with van der Waals surface area (Å²) in [6.07, 6.45) is 1.89. The number of rotatable bonds is 1. The van der Waals surface area contributed by atoms with Gasteiger partial charge in [0.1, 0.15) is 5.75 Å². The van der Waals surface area contributed by atoms with E-state index in [1.807, 2.05) is 11.0 Å². The minimum Gasteiger partial charge on any atom is -0.508 e. The molecule has 0 radical (unpaired) electrons. The van der Waals surface area contributed by atoms with Crippen LogP contribution in [0.3, 0.4) is 0 Å². The molecule has 1 amide bonds. The van der Waals surface area contributed by atoms with Gasteiger partial charge in [0.05, 0.1) is 6.54 Å². The molecule has 2 heterocycles. The zero-order chi connectivity index (χ0) is 14.3. The Hall–Kier alpha value is -1.55. The van der Waals surface area contributed by atoms with Crippen LogP contribution in [0.1, 0.15) is 35.4 Å². The Morgan fingerprint density at radius 3 is 2.95 bits per heavy atom. The maximum atomic E-state index is 11.9.